The van der Waals surface area contributed by atoms with Gasteiger partial charge in [0.2, 0.25) is 0 Å². The molecule has 2 atom stereocenters. The summed E-state index contributed by atoms with van der Waals surface area (Å²) in [5.41, 5.74) is 0. The van der Waals surface area contributed by atoms with Crippen LogP contribution in [0.5, 0.6) is 0 Å². The Labute approximate surface area is 87.4 Å². The third kappa shape index (κ3) is 7.30. The van der Waals surface area contributed by atoms with Gasteiger partial charge < -0.3 is 14.6 Å². The second-order valence-corrected chi connectivity index (χ2v) is 3.76. The van der Waals surface area contributed by atoms with Gasteiger partial charge in [-0.1, -0.05) is 13.8 Å². The van der Waals surface area contributed by atoms with E-state index in [1.807, 2.05) is 13.8 Å². The zero-order valence-corrected chi connectivity index (χ0v) is 9.82. The van der Waals surface area contributed by atoms with Crippen LogP contribution in [-0.4, -0.2) is 36.6 Å². The van der Waals surface area contributed by atoms with Crippen molar-refractivity contribution in [3.63, 3.8) is 0 Å². The predicted octanol–water partition coefficient (Wildman–Crippen LogP) is 1.98. The van der Waals surface area contributed by atoms with E-state index in [1.165, 1.54) is 0 Å². The number of hydrogen-bond acceptors (Lipinski definition) is 3. The minimum absolute atomic E-state index is 0.216. The van der Waals surface area contributed by atoms with Crippen LogP contribution in [0.15, 0.2) is 0 Å². The van der Waals surface area contributed by atoms with Crippen LogP contribution in [0, 0.1) is 0 Å². The molecule has 0 amide bonds. The maximum Gasteiger partial charge on any atom is 0.101 e. The van der Waals surface area contributed by atoms with Gasteiger partial charge in [0.15, 0.2) is 0 Å². The fourth-order valence-corrected chi connectivity index (χ4v) is 0.834. The van der Waals surface area contributed by atoms with Gasteiger partial charge in [0.25, 0.3) is 0 Å². The molecule has 3 heteroatoms. The lowest BCUT2D eigenvalue weighted by Gasteiger charge is -2.17. The molecule has 0 fully saturated rings. The lowest BCUT2D eigenvalue weighted by Crippen LogP contribution is -2.26. The molecule has 0 spiro atoms. The van der Waals surface area contributed by atoms with Crippen LogP contribution in [0.25, 0.3) is 0 Å². The van der Waals surface area contributed by atoms with Gasteiger partial charge in [0.05, 0.1) is 25.4 Å². The Morgan fingerprint density at radius 3 is 1.57 bits per heavy atom. The Hall–Kier alpha value is -0.120. The first kappa shape index (κ1) is 13.9. The normalized spacial score (nSPS) is 17.8. The Morgan fingerprint density at radius 1 is 0.929 bits per heavy atom. The van der Waals surface area contributed by atoms with E-state index in [0.717, 1.165) is 12.8 Å². The van der Waals surface area contributed by atoms with Gasteiger partial charge in [-0.25, -0.2) is 0 Å². The van der Waals surface area contributed by atoms with Crippen LogP contribution in [0.4, 0.5) is 0 Å². The van der Waals surface area contributed by atoms with E-state index in [-0.39, 0.29) is 12.2 Å². The van der Waals surface area contributed by atoms with E-state index in [1.54, 1.807) is 0 Å². The van der Waals surface area contributed by atoms with E-state index >= 15 is 0 Å². The summed E-state index contributed by atoms with van der Waals surface area (Å²) in [4.78, 5) is 0. The molecule has 0 aliphatic carbocycles. The molecule has 1 N–H and O–H groups in total. The number of ether oxygens (including phenoxy) is 2. The summed E-state index contributed by atoms with van der Waals surface area (Å²) in [6, 6.07) is 0. The lowest BCUT2D eigenvalue weighted by molar-refractivity contribution is -0.0560. The van der Waals surface area contributed by atoms with Gasteiger partial charge in [-0.3, -0.25) is 0 Å². The maximum atomic E-state index is 9.49. The van der Waals surface area contributed by atoms with E-state index in [2.05, 4.69) is 13.8 Å². The topological polar surface area (TPSA) is 38.7 Å². The third-order valence-electron chi connectivity index (χ3n) is 2.30. The molecule has 0 aliphatic heterocycles. The fourth-order valence-electron chi connectivity index (χ4n) is 0.834. The van der Waals surface area contributed by atoms with Gasteiger partial charge in [0, 0.05) is 0 Å². The molecule has 0 saturated carbocycles. The molecule has 0 aliphatic rings. The Morgan fingerprint density at radius 2 is 1.29 bits per heavy atom. The number of aliphatic hydroxyl groups is 1. The summed E-state index contributed by atoms with van der Waals surface area (Å²) in [7, 11) is 0. The van der Waals surface area contributed by atoms with E-state index in [0.29, 0.717) is 13.2 Å². The maximum absolute atomic E-state index is 9.49. The SMILES string of the molecule is CCC(C)OCC(O)COC(C)CC. The van der Waals surface area contributed by atoms with E-state index < -0.39 is 6.10 Å². The first-order valence-electron chi connectivity index (χ1n) is 5.51. The highest BCUT2D eigenvalue weighted by molar-refractivity contribution is 4.55. The molecule has 0 aromatic carbocycles. The van der Waals surface area contributed by atoms with Crippen molar-refractivity contribution in [2.75, 3.05) is 13.2 Å². The molecular formula is C11H24O3. The van der Waals surface area contributed by atoms with Gasteiger partial charge in [-0.2, -0.15) is 0 Å². The first-order chi connectivity index (χ1) is 6.60. The molecule has 0 heterocycles. The minimum Gasteiger partial charge on any atom is -0.388 e. The zero-order valence-electron chi connectivity index (χ0n) is 9.82. The Bertz CT molecular complexity index is 114. The first-order valence-corrected chi connectivity index (χ1v) is 5.51. The summed E-state index contributed by atoms with van der Waals surface area (Å²) in [6.45, 7) is 8.86. The molecule has 0 bridgehead atoms. The summed E-state index contributed by atoms with van der Waals surface area (Å²) < 4.78 is 10.8. The van der Waals surface area contributed by atoms with Crippen LogP contribution in [-0.2, 0) is 9.47 Å². The standard InChI is InChI=1S/C11H24O3/c1-5-9(3)13-7-11(12)8-14-10(4)6-2/h9-12H,5-8H2,1-4H3. The summed E-state index contributed by atoms with van der Waals surface area (Å²) >= 11 is 0. The van der Waals surface area contributed by atoms with Crippen LogP contribution >= 0.6 is 0 Å². The quantitative estimate of drug-likeness (QED) is 0.657. The molecule has 2 unspecified atom stereocenters. The Kier molecular flexibility index (Phi) is 8.14. The average molecular weight is 204 g/mol. The Balaban J connectivity index is 3.40. The molecule has 0 aromatic rings. The third-order valence-corrected chi connectivity index (χ3v) is 2.30. The summed E-state index contributed by atoms with van der Waals surface area (Å²) in [5, 5.41) is 9.49. The van der Waals surface area contributed by atoms with Gasteiger partial charge in [-0.05, 0) is 26.7 Å². The largest absolute Gasteiger partial charge is 0.388 e. The van der Waals surface area contributed by atoms with E-state index in [4.69, 9.17) is 9.47 Å². The zero-order chi connectivity index (χ0) is 11.0. The molecule has 3 nitrogen and oxygen atoms in total. The van der Waals surface area contributed by atoms with Crippen molar-refractivity contribution in [1.29, 1.82) is 0 Å². The van der Waals surface area contributed by atoms with Gasteiger partial charge in [-0.15, -0.1) is 0 Å². The van der Waals surface area contributed by atoms with Gasteiger partial charge in [0.1, 0.15) is 6.10 Å². The molecule has 0 saturated heterocycles. The van der Waals surface area contributed by atoms with Crippen LogP contribution in [0.2, 0.25) is 0 Å². The summed E-state index contributed by atoms with van der Waals surface area (Å²) in [5.74, 6) is 0. The van der Waals surface area contributed by atoms with Crippen LogP contribution in [0.1, 0.15) is 40.5 Å². The molecular weight excluding hydrogens is 180 g/mol. The van der Waals surface area contributed by atoms with Crippen LogP contribution < -0.4 is 0 Å². The lowest BCUT2D eigenvalue weighted by atomic mass is 10.3. The van der Waals surface area contributed by atoms with Crippen molar-refractivity contribution in [1.82, 2.24) is 0 Å². The van der Waals surface area contributed by atoms with Crippen molar-refractivity contribution < 1.29 is 14.6 Å². The molecule has 0 rings (SSSR count). The highest BCUT2D eigenvalue weighted by atomic mass is 16.5. The highest BCUT2D eigenvalue weighted by Gasteiger charge is 2.08. The van der Waals surface area contributed by atoms with Crippen molar-refractivity contribution in [3.8, 4) is 0 Å². The fraction of sp³-hybridized carbons (Fsp3) is 1.00. The van der Waals surface area contributed by atoms with Crippen LogP contribution in [0.3, 0.4) is 0 Å². The number of aliphatic hydroxyl groups excluding tert-OH is 1. The average Bonchev–Trinajstić information content (AvgIpc) is 2.22. The van der Waals surface area contributed by atoms with Crippen molar-refractivity contribution in [2.24, 2.45) is 0 Å². The molecule has 86 valence electrons. The van der Waals surface area contributed by atoms with Gasteiger partial charge >= 0.3 is 0 Å². The molecule has 0 aromatic heterocycles. The monoisotopic (exact) mass is 204 g/mol. The number of hydrogen-bond donors (Lipinski definition) is 1. The minimum atomic E-state index is -0.502. The number of rotatable bonds is 8. The smallest absolute Gasteiger partial charge is 0.101 e. The second kappa shape index (κ2) is 8.21. The van der Waals surface area contributed by atoms with E-state index in [9.17, 15) is 5.11 Å². The summed E-state index contributed by atoms with van der Waals surface area (Å²) in [6.07, 6.45) is 1.87. The highest BCUT2D eigenvalue weighted by Crippen LogP contribution is 2.00. The molecule has 14 heavy (non-hydrogen) atoms. The predicted molar refractivity (Wildman–Crippen MR) is 57.4 cm³/mol. The van der Waals surface area contributed by atoms with Crippen molar-refractivity contribution in [3.05, 3.63) is 0 Å². The second-order valence-electron chi connectivity index (χ2n) is 3.76. The molecule has 0 radical (unpaired) electrons. The van der Waals surface area contributed by atoms with Crippen molar-refractivity contribution in [2.45, 2.75) is 58.8 Å². The van der Waals surface area contributed by atoms with Crippen molar-refractivity contribution >= 4 is 0 Å².